The van der Waals surface area contributed by atoms with E-state index < -0.39 is 11.5 Å². The molecule has 1 aromatic carbocycles. The molecule has 0 bridgehead atoms. The third kappa shape index (κ3) is 3.18. The highest BCUT2D eigenvalue weighted by Gasteiger charge is 2.15. The summed E-state index contributed by atoms with van der Waals surface area (Å²) in [4.78, 5) is 27.7. The molecule has 122 valence electrons. The summed E-state index contributed by atoms with van der Waals surface area (Å²) in [6.45, 7) is 0. The number of aromatic nitrogens is 2. The zero-order chi connectivity index (χ0) is 17.4. The van der Waals surface area contributed by atoms with Gasteiger partial charge in [-0.15, -0.1) is 0 Å². The topological polar surface area (TPSA) is 71.7 Å². The van der Waals surface area contributed by atoms with Crippen LogP contribution in [0.1, 0.15) is 20.9 Å². The van der Waals surface area contributed by atoms with E-state index in [1.165, 1.54) is 6.20 Å². The molecule has 3 rings (SSSR count). The summed E-state index contributed by atoms with van der Waals surface area (Å²) >= 11 is 18.9. The number of halogens is 3. The fraction of sp³-hybridized carbons (Fsp3) is 0. The second-order valence-corrected chi connectivity index (χ2v) is 6.90. The van der Waals surface area contributed by atoms with Crippen molar-refractivity contribution in [1.82, 2.24) is 9.38 Å². The quantitative estimate of drug-likeness (QED) is 0.697. The molecular weight excluding hydrogens is 395 g/mol. The van der Waals surface area contributed by atoms with Crippen molar-refractivity contribution >= 4 is 69.2 Å². The van der Waals surface area contributed by atoms with Gasteiger partial charge in [0.2, 0.25) is 0 Å². The SMILES string of the molecule is O=C(O)c1cn2c(=O)c(Cl)c(/C=C/c3ccc(Cl)cc3Cl)nc2s1. The maximum atomic E-state index is 12.2. The van der Waals surface area contributed by atoms with Crippen molar-refractivity contribution in [2.45, 2.75) is 0 Å². The van der Waals surface area contributed by atoms with Gasteiger partial charge >= 0.3 is 5.97 Å². The zero-order valence-electron chi connectivity index (χ0n) is 11.7. The lowest BCUT2D eigenvalue weighted by Crippen LogP contribution is -2.14. The molecule has 0 saturated carbocycles. The van der Waals surface area contributed by atoms with Crippen LogP contribution in [0.15, 0.2) is 29.2 Å². The molecule has 0 amide bonds. The minimum Gasteiger partial charge on any atom is -0.477 e. The summed E-state index contributed by atoms with van der Waals surface area (Å²) in [7, 11) is 0. The number of rotatable bonds is 3. The number of carboxylic acid groups (broad SMARTS) is 1. The minimum atomic E-state index is -1.13. The standard InChI is InChI=1S/C15H7Cl3N2O3S/c16-8-3-1-7(9(17)5-8)2-4-10-12(18)13(21)20-6-11(14(22)23)24-15(20)19-10/h1-6H,(H,22,23)/b4-2+. The first-order valence-electron chi connectivity index (χ1n) is 6.45. The third-order valence-electron chi connectivity index (χ3n) is 3.10. The number of aromatic carboxylic acids is 1. The molecule has 0 aliphatic rings. The lowest BCUT2D eigenvalue weighted by Gasteiger charge is -2.00. The second kappa shape index (κ2) is 6.57. The van der Waals surface area contributed by atoms with E-state index >= 15 is 0 Å². The van der Waals surface area contributed by atoms with E-state index in [9.17, 15) is 9.59 Å². The molecule has 0 aliphatic heterocycles. The molecule has 3 aromatic rings. The van der Waals surface area contributed by atoms with Crippen LogP contribution in [0.2, 0.25) is 15.1 Å². The fourth-order valence-electron chi connectivity index (χ4n) is 1.95. The summed E-state index contributed by atoms with van der Waals surface area (Å²) in [5, 5.41) is 9.86. The Balaban J connectivity index is 2.09. The fourth-order valence-corrected chi connectivity index (χ4v) is 3.44. The maximum Gasteiger partial charge on any atom is 0.347 e. The molecule has 5 nitrogen and oxygen atoms in total. The Morgan fingerprint density at radius 2 is 2.00 bits per heavy atom. The molecule has 24 heavy (non-hydrogen) atoms. The van der Waals surface area contributed by atoms with Crippen molar-refractivity contribution in [2.75, 3.05) is 0 Å². The molecule has 0 radical (unpaired) electrons. The highest BCUT2D eigenvalue weighted by atomic mass is 35.5. The van der Waals surface area contributed by atoms with Crippen LogP contribution in [0.4, 0.5) is 0 Å². The van der Waals surface area contributed by atoms with Crippen LogP contribution in [0.5, 0.6) is 0 Å². The molecular formula is C15H7Cl3N2O3S. The lowest BCUT2D eigenvalue weighted by molar-refractivity contribution is 0.0702. The number of hydrogen-bond donors (Lipinski definition) is 1. The van der Waals surface area contributed by atoms with Crippen LogP contribution in [0, 0.1) is 0 Å². The first-order valence-corrected chi connectivity index (χ1v) is 8.40. The highest BCUT2D eigenvalue weighted by Crippen LogP contribution is 2.24. The molecule has 0 fully saturated rings. The van der Waals surface area contributed by atoms with Crippen molar-refractivity contribution < 1.29 is 9.90 Å². The Bertz CT molecular complexity index is 1060. The number of thiazole rings is 1. The monoisotopic (exact) mass is 400 g/mol. The van der Waals surface area contributed by atoms with Crippen molar-refractivity contribution in [1.29, 1.82) is 0 Å². The van der Waals surface area contributed by atoms with E-state index in [4.69, 9.17) is 39.9 Å². The van der Waals surface area contributed by atoms with Gasteiger partial charge in [-0.1, -0.05) is 58.3 Å². The highest BCUT2D eigenvalue weighted by molar-refractivity contribution is 7.18. The predicted octanol–water partition coefficient (Wildman–Crippen LogP) is 4.58. The van der Waals surface area contributed by atoms with Gasteiger partial charge in [0.05, 0.1) is 5.69 Å². The van der Waals surface area contributed by atoms with Crippen LogP contribution >= 0.6 is 46.1 Å². The van der Waals surface area contributed by atoms with Crippen LogP contribution in [-0.2, 0) is 0 Å². The smallest absolute Gasteiger partial charge is 0.347 e. The van der Waals surface area contributed by atoms with E-state index in [0.29, 0.717) is 15.6 Å². The van der Waals surface area contributed by atoms with Gasteiger partial charge in [0.1, 0.15) is 9.90 Å². The van der Waals surface area contributed by atoms with Gasteiger partial charge < -0.3 is 5.11 Å². The van der Waals surface area contributed by atoms with Gasteiger partial charge in [-0.25, -0.2) is 9.78 Å². The van der Waals surface area contributed by atoms with Crippen molar-refractivity contribution in [3.63, 3.8) is 0 Å². The Labute approximate surface area is 154 Å². The van der Waals surface area contributed by atoms with E-state index in [1.807, 2.05) is 0 Å². The molecule has 0 aliphatic carbocycles. The number of benzene rings is 1. The summed E-state index contributed by atoms with van der Waals surface area (Å²) in [6, 6.07) is 4.99. The number of fused-ring (bicyclic) bond motifs is 1. The van der Waals surface area contributed by atoms with Crippen molar-refractivity contribution in [3.8, 4) is 0 Å². The third-order valence-corrected chi connectivity index (χ3v) is 4.98. The molecule has 0 unspecified atom stereocenters. The van der Waals surface area contributed by atoms with E-state index in [-0.39, 0.29) is 20.6 Å². The largest absolute Gasteiger partial charge is 0.477 e. The van der Waals surface area contributed by atoms with Gasteiger partial charge in [0.25, 0.3) is 5.56 Å². The Kier molecular flexibility index (Phi) is 4.64. The molecule has 9 heteroatoms. The van der Waals surface area contributed by atoms with Gasteiger partial charge in [-0.2, -0.15) is 0 Å². The lowest BCUT2D eigenvalue weighted by atomic mass is 10.2. The average Bonchev–Trinajstić information content (AvgIpc) is 2.95. The number of carboxylic acids is 1. The van der Waals surface area contributed by atoms with Gasteiger partial charge in [0.15, 0.2) is 4.96 Å². The molecule has 2 aromatic heterocycles. The van der Waals surface area contributed by atoms with Gasteiger partial charge in [-0.3, -0.25) is 9.20 Å². The Hall–Kier alpha value is -1.86. The van der Waals surface area contributed by atoms with Gasteiger partial charge in [0, 0.05) is 16.2 Å². The second-order valence-electron chi connectivity index (χ2n) is 4.67. The molecule has 0 atom stereocenters. The number of hydrogen-bond acceptors (Lipinski definition) is 4. The number of carbonyl (C=O) groups is 1. The van der Waals surface area contributed by atoms with Gasteiger partial charge in [-0.05, 0) is 23.8 Å². The first kappa shape index (κ1) is 17.0. The minimum absolute atomic E-state index is 0.00228. The Morgan fingerprint density at radius 3 is 2.67 bits per heavy atom. The molecule has 0 spiro atoms. The van der Waals surface area contributed by atoms with E-state index in [0.717, 1.165) is 15.7 Å². The average molecular weight is 402 g/mol. The first-order chi connectivity index (χ1) is 11.4. The molecule has 0 saturated heterocycles. The van der Waals surface area contributed by atoms with Crippen LogP contribution in [0.3, 0.4) is 0 Å². The van der Waals surface area contributed by atoms with Crippen molar-refractivity contribution in [3.05, 3.63) is 66.0 Å². The van der Waals surface area contributed by atoms with Crippen LogP contribution < -0.4 is 5.56 Å². The zero-order valence-corrected chi connectivity index (χ0v) is 14.7. The summed E-state index contributed by atoms with van der Waals surface area (Å²) in [5.74, 6) is -1.13. The van der Waals surface area contributed by atoms with Crippen LogP contribution in [-0.4, -0.2) is 20.5 Å². The van der Waals surface area contributed by atoms with Crippen molar-refractivity contribution in [2.24, 2.45) is 0 Å². The maximum absolute atomic E-state index is 12.2. The molecule has 2 heterocycles. The Morgan fingerprint density at radius 1 is 1.25 bits per heavy atom. The number of nitrogens with zero attached hydrogens (tertiary/aromatic N) is 2. The molecule has 1 N–H and O–H groups in total. The van der Waals surface area contributed by atoms with E-state index in [1.54, 1.807) is 30.4 Å². The van der Waals surface area contributed by atoms with E-state index in [2.05, 4.69) is 4.98 Å². The normalized spacial score (nSPS) is 11.5. The predicted molar refractivity (Wildman–Crippen MR) is 96.7 cm³/mol. The van der Waals surface area contributed by atoms with Crippen LogP contribution in [0.25, 0.3) is 17.1 Å². The summed E-state index contributed by atoms with van der Waals surface area (Å²) < 4.78 is 1.11. The summed E-state index contributed by atoms with van der Waals surface area (Å²) in [6.07, 6.45) is 4.39. The summed E-state index contributed by atoms with van der Waals surface area (Å²) in [5.41, 5.74) is 0.371.